The van der Waals surface area contributed by atoms with Crippen LogP contribution in [0.15, 0.2) is 22.7 Å². The average Bonchev–Trinajstić information content (AvgIpc) is 2.88. The summed E-state index contributed by atoms with van der Waals surface area (Å²) in [6.07, 6.45) is 4.08. The first-order chi connectivity index (χ1) is 8.15. The third-order valence-electron chi connectivity index (χ3n) is 3.79. The zero-order valence-corrected chi connectivity index (χ0v) is 11.7. The molecule has 1 N–H and O–H groups in total. The number of halogens is 1. The van der Waals surface area contributed by atoms with Gasteiger partial charge in [-0.2, -0.15) is 0 Å². The molecule has 2 nitrogen and oxygen atoms in total. The summed E-state index contributed by atoms with van der Waals surface area (Å²) in [6.45, 7) is 4.44. The number of nitrogens with one attached hydrogen (secondary N) is 1. The van der Waals surface area contributed by atoms with Gasteiger partial charge < -0.3 is 10.1 Å². The van der Waals surface area contributed by atoms with Gasteiger partial charge in [0.15, 0.2) is 0 Å². The van der Waals surface area contributed by atoms with Crippen molar-refractivity contribution < 1.29 is 4.74 Å². The second-order valence-electron chi connectivity index (χ2n) is 5.64. The van der Waals surface area contributed by atoms with Gasteiger partial charge in [-0.25, -0.2) is 0 Å². The van der Waals surface area contributed by atoms with Crippen molar-refractivity contribution in [2.45, 2.75) is 32.3 Å². The van der Waals surface area contributed by atoms with Gasteiger partial charge in [0.25, 0.3) is 0 Å². The van der Waals surface area contributed by atoms with Crippen LogP contribution in [0.2, 0.25) is 0 Å². The molecule has 17 heavy (non-hydrogen) atoms. The number of fused-ring (bicyclic) bond motifs is 1. The molecule has 1 unspecified atom stereocenters. The van der Waals surface area contributed by atoms with Gasteiger partial charge in [0.2, 0.25) is 0 Å². The minimum Gasteiger partial charge on any atom is -0.488 e. The van der Waals surface area contributed by atoms with Crippen molar-refractivity contribution >= 4 is 15.9 Å². The molecule has 3 heteroatoms. The number of rotatable bonds is 4. The SMILES string of the molecule is CC1(CNCC2Cc3cc(Br)ccc3O2)CC1. The molecule has 0 bridgehead atoms. The Hall–Kier alpha value is -0.540. The van der Waals surface area contributed by atoms with E-state index < -0.39 is 0 Å². The minimum absolute atomic E-state index is 0.307. The predicted molar refractivity (Wildman–Crippen MR) is 72.5 cm³/mol. The van der Waals surface area contributed by atoms with Crippen LogP contribution in [0.1, 0.15) is 25.3 Å². The molecule has 1 aromatic rings. The standard InChI is InChI=1S/C14H18BrNO/c1-14(4-5-14)9-16-8-12-7-10-6-11(15)2-3-13(10)17-12/h2-3,6,12,16H,4-5,7-9H2,1H3. The second kappa shape index (κ2) is 4.29. The fraction of sp³-hybridized carbons (Fsp3) is 0.571. The first kappa shape index (κ1) is 11.5. The van der Waals surface area contributed by atoms with E-state index in [1.54, 1.807) is 0 Å². The number of hydrogen-bond acceptors (Lipinski definition) is 2. The Bertz CT molecular complexity index is 428. The summed E-state index contributed by atoms with van der Waals surface area (Å²) in [4.78, 5) is 0. The van der Waals surface area contributed by atoms with Crippen molar-refractivity contribution in [3.63, 3.8) is 0 Å². The van der Waals surface area contributed by atoms with Gasteiger partial charge >= 0.3 is 0 Å². The third-order valence-corrected chi connectivity index (χ3v) is 4.28. The van der Waals surface area contributed by atoms with Crippen LogP contribution in [-0.2, 0) is 6.42 Å². The van der Waals surface area contributed by atoms with Gasteiger partial charge in [0, 0.05) is 24.0 Å². The topological polar surface area (TPSA) is 21.3 Å². The molecule has 0 spiro atoms. The molecule has 1 aromatic carbocycles. The molecule has 1 heterocycles. The molecule has 3 rings (SSSR count). The fourth-order valence-corrected chi connectivity index (χ4v) is 2.74. The van der Waals surface area contributed by atoms with Crippen LogP contribution in [-0.4, -0.2) is 19.2 Å². The summed E-state index contributed by atoms with van der Waals surface area (Å²) in [5.41, 5.74) is 1.90. The summed E-state index contributed by atoms with van der Waals surface area (Å²) in [5.74, 6) is 1.05. The van der Waals surface area contributed by atoms with E-state index in [0.717, 1.165) is 29.7 Å². The van der Waals surface area contributed by atoms with E-state index in [2.05, 4.69) is 40.3 Å². The molecule has 0 aromatic heterocycles. The van der Waals surface area contributed by atoms with Crippen molar-refractivity contribution in [3.8, 4) is 5.75 Å². The molecule has 1 saturated carbocycles. The van der Waals surface area contributed by atoms with Crippen molar-refractivity contribution in [1.82, 2.24) is 5.32 Å². The van der Waals surface area contributed by atoms with E-state index in [1.165, 1.54) is 18.4 Å². The summed E-state index contributed by atoms with van der Waals surface area (Å²) in [7, 11) is 0. The normalized spacial score (nSPS) is 24.2. The number of ether oxygens (including phenoxy) is 1. The molecule has 1 aliphatic heterocycles. The molecular formula is C14H18BrNO. The van der Waals surface area contributed by atoms with E-state index in [9.17, 15) is 0 Å². The smallest absolute Gasteiger partial charge is 0.123 e. The Morgan fingerprint density at radius 2 is 2.29 bits per heavy atom. The predicted octanol–water partition coefficient (Wildman–Crippen LogP) is 3.14. The molecule has 0 saturated heterocycles. The first-order valence-corrected chi connectivity index (χ1v) is 7.10. The Morgan fingerprint density at radius 1 is 1.47 bits per heavy atom. The van der Waals surface area contributed by atoms with Gasteiger partial charge in [-0.05, 0) is 42.0 Å². The third kappa shape index (κ3) is 2.66. The monoisotopic (exact) mass is 295 g/mol. The van der Waals surface area contributed by atoms with E-state index in [0.29, 0.717) is 11.5 Å². The highest BCUT2D eigenvalue weighted by molar-refractivity contribution is 9.10. The maximum Gasteiger partial charge on any atom is 0.123 e. The zero-order chi connectivity index (χ0) is 11.9. The number of hydrogen-bond donors (Lipinski definition) is 1. The molecule has 1 fully saturated rings. The maximum atomic E-state index is 5.91. The molecule has 92 valence electrons. The van der Waals surface area contributed by atoms with Crippen LogP contribution in [0.5, 0.6) is 5.75 Å². The van der Waals surface area contributed by atoms with E-state index in [-0.39, 0.29) is 0 Å². The van der Waals surface area contributed by atoms with Gasteiger partial charge in [0.05, 0.1) is 0 Å². The van der Waals surface area contributed by atoms with Crippen molar-refractivity contribution in [3.05, 3.63) is 28.2 Å². The van der Waals surface area contributed by atoms with E-state index in [4.69, 9.17) is 4.74 Å². The van der Waals surface area contributed by atoms with Crippen molar-refractivity contribution in [2.24, 2.45) is 5.41 Å². The molecule has 2 aliphatic rings. The quantitative estimate of drug-likeness (QED) is 0.921. The Morgan fingerprint density at radius 3 is 3.06 bits per heavy atom. The van der Waals surface area contributed by atoms with Crippen LogP contribution in [0.4, 0.5) is 0 Å². The highest BCUT2D eigenvalue weighted by atomic mass is 79.9. The van der Waals surface area contributed by atoms with Crippen LogP contribution >= 0.6 is 15.9 Å². The van der Waals surface area contributed by atoms with Gasteiger partial charge in [-0.15, -0.1) is 0 Å². The van der Waals surface area contributed by atoms with Crippen LogP contribution in [0.25, 0.3) is 0 Å². The lowest BCUT2D eigenvalue weighted by molar-refractivity contribution is 0.224. The lowest BCUT2D eigenvalue weighted by Crippen LogP contribution is -2.33. The zero-order valence-electron chi connectivity index (χ0n) is 10.1. The Labute approximate surface area is 111 Å². The van der Waals surface area contributed by atoms with E-state index in [1.807, 2.05) is 6.07 Å². The van der Waals surface area contributed by atoms with Gasteiger partial charge in [-0.3, -0.25) is 0 Å². The second-order valence-corrected chi connectivity index (χ2v) is 6.55. The lowest BCUT2D eigenvalue weighted by atomic mass is 10.1. The van der Waals surface area contributed by atoms with Gasteiger partial charge in [0.1, 0.15) is 11.9 Å². The highest BCUT2D eigenvalue weighted by Crippen LogP contribution is 2.44. The molecule has 1 atom stereocenters. The van der Waals surface area contributed by atoms with Crippen molar-refractivity contribution in [2.75, 3.05) is 13.1 Å². The molecule has 0 amide bonds. The molecule has 0 radical (unpaired) electrons. The summed E-state index contributed by atoms with van der Waals surface area (Å²) in [5, 5.41) is 3.54. The van der Waals surface area contributed by atoms with Crippen LogP contribution < -0.4 is 10.1 Å². The summed E-state index contributed by atoms with van der Waals surface area (Å²) in [6, 6.07) is 6.26. The number of benzene rings is 1. The summed E-state index contributed by atoms with van der Waals surface area (Å²) >= 11 is 3.50. The Balaban J connectivity index is 1.51. The van der Waals surface area contributed by atoms with E-state index >= 15 is 0 Å². The van der Waals surface area contributed by atoms with Crippen molar-refractivity contribution in [1.29, 1.82) is 0 Å². The van der Waals surface area contributed by atoms with Crippen LogP contribution in [0.3, 0.4) is 0 Å². The average molecular weight is 296 g/mol. The first-order valence-electron chi connectivity index (χ1n) is 6.30. The lowest BCUT2D eigenvalue weighted by Gasteiger charge is -2.14. The Kier molecular flexibility index (Phi) is 2.91. The molecule has 1 aliphatic carbocycles. The highest BCUT2D eigenvalue weighted by Gasteiger charge is 2.36. The maximum absolute atomic E-state index is 5.91. The fourth-order valence-electron chi connectivity index (χ4n) is 2.33. The van der Waals surface area contributed by atoms with Crippen LogP contribution in [0, 0.1) is 5.41 Å². The largest absolute Gasteiger partial charge is 0.488 e. The van der Waals surface area contributed by atoms with Gasteiger partial charge in [-0.1, -0.05) is 22.9 Å². The molecular weight excluding hydrogens is 278 g/mol. The summed E-state index contributed by atoms with van der Waals surface area (Å²) < 4.78 is 7.05. The minimum atomic E-state index is 0.307.